The number of amides is 2. The zero-order valence-corrected chi connectivity index (χ0v) is 20.5. The highest BCUT2D eigenvalue weighted by Crippen LogP contribution is 2.47. The van der Waals surface area contributed by atoms with Crippen LogP contribution in [0.1, 0.15) is 54.3 Å². The average molecular weight is 489 g/mol. The van der Waals surface area contributed by atoms with Crippen molar-refractivity contribution in [3.8, 4) is 0 Å². The first-order valence-corrected chi connectivity index (χ1v) is 13.0. The van der Waals surface area contributed by atoms with Crippen LogP contribution in [0.2, 0.25) is 0 Å². The summed E-state index contributed by atoms with van der Waals surface area (Å²) in [5.41, 5.74) is 2.90. The Morgan fingerprint density at radius 1 is 1.11 bits per heavy atom. The summed E-state index contributed by atoms with van der Waals surface area (Å²) >= 11 is 0. The number of hydrogen-bond donors (Lipinski definition) is 2. The zero-order valence-electron chi connectivity index (χ0n) is 20.5. The van der Waals surface area contributed by atoms with Crippen LogP contribution in [0.3, 0.4) is 0 Å². The minimum Gasteiger partial charge on any atom is -0.383 e. The van der Waals surface area contributed by atoms with E-state index in [2.05, 4.69) is 32.8 Å². The standard InChI is InChI=1S/C28H32N4O4/c1-35-16-24-18-14-15-32(25(18)17-8-2-5-11-21(17)29-24)28(34)20-10-4-6-12-22(20)30-27(33)26-19-9-3-7-13-23(19)31-36-26/h2-3,5,7-9,11,13,18,20,22,24-25,29H,4,6,10,12,14-16H2,1H3,(H,30,33)/t18-,20+,22-,24+,25+/m1/s1. The molecule has 2 aliphatic heterocycles. The lowest BCUT2D eigenvalue weighted by atomic mass is 9.81. The number of rotatable bonds is 5. The van der Waals surface area contributed by atoms with Gasteiger partial charge in [0.2, 0.25) is 11.7 Å². The van der Waals surface area contributed by atoms with Crippen LogP contribution in [-0.4, -0.2) is 54.2 Å². The molecule has 1 aliphatic carbocycles. The Balaban J connectivity index is 1.25. The fourth-order valence-electron chi connectivity index (χ4n) is 6.52. The van der Waals surface area contributed by atoms with Crippen molar-refractivity contribution in [1.82, 2.24) is 15.4 Å². The summed E-state index contributed by atoms with van der Waals surface area (Å²) in [4.78, 5) is 29.4. The van der Waals surface area contributed by atoms with Crippen molar-refractivity contribution in [1.29, 1.82) is 0 Å². The van der Waals surface area contributed by atoms with Gasteiger partial charge in [0, 0.05) is 31.3 Å². The number of benzene rings is 2. The maximum absolute atomic E-state index is 14.1. The normalized spacial score (nSPS) is 27.2. The second-order valence-corrected chi connectivity index (χ2v) is 10.2. The van der Waals surface area contributed by atoms with Crippen molar-refractivity contribution >= 4 is 28.4 Å². The third kappa shape index (κ3) is 3.93. The largest absolute Gasteiger partial charge is 0.383 e. The molecule has 0 spiro atoms. The Kier molecular flexibility index (Phi) is 6.13. The molecule has 8 heteroatoms. The maximum Gasteiger partial charge on any atom is 0.290 e. The number of nitrogens with zero attached hydrogens (tertiary/aromatic N) is 2. The molecule has 8 nitrogen and oxygen atoms in total. The van der Waals surface area contributed by atoms with E-state index in [0.29, 0.717) is 30.0 Å². The molecule has 36 heavy (non-hydrogen) atoms. The van der Waals surface area contributed by atoms with Crippen molar-refractivity contribution in [3.05, 3.63) is 59.9 Å². The van der Waals surface area contributed by atoms with E-state index in [0.717, 1.165) is 37.8 Å². The van der Waals surface area contributed by atoms with Gasteiger partial charge in [-0.05, 0) is 43.0 Å². The Morgan fingerprint density at radius 2 is 1.92 bits per heavy atom. The average Bonchev–Trinajstić information content (AvgIpc) is 3.54. The number of likely N-dealkylation sites (tertiary alicyclic amines) is 1. The van der Waals surface area contributed by atoms with Gasteiger partial charge in [-0.2, -0.15) is 0 Å². The van der Waals surface area contributed by atoms with Crippen LogP contribution >= 0.6 is 0 Å². The molecule has 1 saturated carbocycles. The van der Waals surface area contributed by atoms with Gasteiger partial charge < -0.3 is 24.8 Å². The van der Waals surface area contributed by atoms with Crippen LogP contribution in [0.15, 0.2) is 53.1 Å². The van der Waals surface area contributed by atoms with E-state index in [9.17, 15) is 9.59 Å². The molecule has 0 radical (unpaired) electrons. The first-order valence-electron chi connectivity index (χ1n) is 13.0. The van der Waals surface area contributed by atoms with E-state index in [1.54, 1.807) is 7.11 Å². The molecule has 1 saturated heterocycles. The molecule has 0 unspecified atom stereocenters. The molecule has 5 atom stereocenters. The molecule has 3 aliphatic rings. The number of hydrogen-bond acceptors (Lipinski definition) is 6. The summed E-state index contributed by atoms with van der Waals surface area (Å²) in [6.45, 7) is 1.32. The predicted octanol–water partition coefficient (Wildman–Crippen LogP) is 4.15. The highest BCUT2D eigenvalue weighted by atomic mass is 16.5. The number of carbonyl (C=O) groups is 2. The summed E-state index contributed by atoms with van der Waals surface area (Å²) in [5, 5.41) is 11.5. The van der Waals surface area contributed by atoms with Crippen LogP contribution in [0.5, 0.6) is 0 Å². The Morgan fingerprint density at radius 3 is 2.81 bits per heavy atom. The third-order valence-electron chi connectivity index (χ3n) is 8.20. The summed E-state index contributed by atoms with van der Waals surface area (Å²) in [5.74, 6) is 0.0840. The number of para-hydroxylation sites is 1. The van der Waals surface area contributed by atoms with Gasteiger partial charge in [0.1, 0.15) is 5.52 Å². The Bertz CT molecular complexity index is 1270. The smallest absolute Gasteiger partial charge is 0.290 e. The zero-order chi connectivity index (χ0) is 24.6. The second-order valence-electron chi connectivity index (χ2n) is 10.2. The van der Waals surface area contributed by atoms with Gasteiger partial charge in [0.15, 0.2) is 0 Å². The molecule has 2 aromatic carbocycles. The van der Waals surface area contributed by atoms with Crippen molar-refractivity contribution in [2.45, 2.75) is 50.2 Å². The van der Waals surface area contributed by atoms with Gasteiger partial charge >= 0.3 is 0 Å². The van der Waals surface area contributed by atoms with Crippen LogP contribution in [0, 0.1) is 11.8 Å². The van der Waals surface area contributed by atoms with Gasteiger partial charge in [-0.3, -0.25) is 9.59 Å². The first kappa shape index (κ1) is 23.0. The van der Waals surface area contributed by atoms with Crippen LogP contribution in [0.25, 0.3) is 10.9 Å². The van der Waals surface area contributed by atoms with Gasteiger partial charge in [0.05, 0.1) is 30.0 Å². The summed E-state index contributed by atoms with van der Waals surface area (Å²) < 4.78 is 10.9. The van der Waals surface area contributed by atoms with E-state index in [-0.39, 0.29) is 41.6 Å². The van der Waals surface area contributed by atoms with Crippen molar-refractivity contribution in [2.24, 2.45) is 11.8 Å². The highest BCUT2D eigenvalue weighted by molar-refractivity contribution is 6.03. The second kappa shape index (κ2) is 9.58. The molecule has 3 aromatic rings. The number of carbonyl (C=O) groups excluding carboxylic acids is 2. The molecule has 0 bridgehead atoms. The number of aromatic nitrogens is 1. The number of fused-ring (bicyclic) bond motifs is 4. The molecule has 3 heterocycles. The van der Waals surface area contributed by atoms with Gasteiger partial charge in [-0.25, -0.2) is 0 Å². The van der Waals surface area contributed by atoms with E-state index in [1.807, 2.05) is 36.4 Å². The van der Waals surface area contributed by atoms with Crippen molar-refractivity contribution < 1.29 is 18.8 Å². The van der Waals surface area contributed by atoms with Gasteiger partial charge in [-0.1, -0.05) is 48.3 Å². The molecule has 6 rings (SSSR count). The number of ether oxygens (including phenoxy) is 1. The van der Waals surface area contributed by atoms with Crippen molar-refractivity contribution in [3.63, 3.8) is 0 Å². The highest BCUT2D eigenvalue weighted by Gasteiger charge is 2.48. The van der Waals surface area contributed by atoms with E-state index in [4.69, 9.17) is 9.26 Å². The van der Waals surface area contributed by atoms with Crippen LogP contribution in [0.4, 0.5) is 5.69 Å². The number of methoxy groups -OCH3 is 1. The maximum atomic E-state index is 14.1. The lowest BCUT2D eigenvalue weighted by Gasteiger charge is -2.41. The summed E-state index contributed by atoms with van der Waals surface area (Å²) in [6.07, 6.45) is 4.46. The fourth-order valence-corrected chi connectivity index (χ4v) is 6.52. The lowest BCUT2D eigenvalue weighted by Crippen LogP contribution is -2.50. The molecule has 1 aromatic heterocycles. The molecule has 2 fully saturated rings. The van der Waals surface area contributed by atoms with E-state index >= 15 is 0 Å². The molecule has 2 amide bonds. The minimum atomic E-state index is -0.305. The van der Waals surface area contributed by atoms with Gasteiger partial charge in [-0.15, -0.1) is 0 Å². The quantitative estimate of drug-likeness (QED) is 0.560. The monoisotopic (exact) mass is 488 g/mol. The number of anilines is 1. The fraction of sp³-hybridized carbons (Fsp3) is 0.464. The van der Waals surface area contributed by atoms with Crippen LogP contribution < -0.4 is 10.6 Å². The summed E-state index contributed by atoms with van der Waals surface area (Å²) in [6, 6.07) is 15.6. The number of nitrogens with one attached hydrogen (secondary N) is 2. The molecular formula is C28H32N4O4. The van der Waals surface area contributed by atoms with E-state index < -0.39 is 0 Å². The lowest BCUT2D eigenvalue weighted by molar-refractivity contribution is -0.139. The Labute approximate surface area is 210 Å². The van der Waals surface area contributed by atoms with E-state index in [1.165, 1.54) is 5.56 Å². The first-order chi connectivity index (χ1) is 17.7. The molecular weight excluding hydrogens is 456 g/mol. The van der Waals surface area contributed by atoms with Crippen LogP contribution in [-0.2, 0) is 9.53 Å². The third-order valence-corrected chi connectivity index (χ3v) is 8.20. The molecule has 2 N–H and O–H groups in total. The minimum absolute atomic E-state index is 0.0200. The molecule has 188 valence electrons. The topological polar surface area (TPSA) is 96.7 Å². The van der Waals surface area contributed by atoms with Crippen molar-refractivity contribution in [2.75, 3.05) is 25.6 Å². The summed E-state index contributed by atoms with van der Waals surface area (Å²) in [7, 11) is 1.72. The predicted molar refractivity (Wildman–Crippen MR) is 136 cm³/mol. The SMILES string of the molecule is COC[C@@H]1Nc2ccccc2[C@H]2[C@@H]1CCN2C(=O)[C@H]1CCCC[C@H]1NC(=O)c1onc2ccccc12. The Hall–Kier alpha value is -3.39. The van der Waals surface area contributed by atoms with Gasteiger partial charge in [0.25, 0.3) is 5.91 Å².